The number of benzene rings is 2. The van der Waals surface area contributed by atoms with Gasteiger partial charge in [-0.25, -0.2) is 4.79 Å². The molecule has 2 aliphatic rings. The maximum absolute atomic E-state index is 12.7. The number of hydrogen-bond donors (Lipinski definition) is 2. The van der Waals surface area contributed by atoms with E-state index in [1.165, 1.54) is 0 Å². The Hall–Kier alpha value is -2.85. The zero-order valence-corrected chi connectivity index (χ0v) is 17.4. The van der Waals surface area contributed by atoms with E-state index in [2.05, 4.69) is 11.8 Å². The Labute approximate surface area is 178 Å². The molecule has 30 heavy (non-hydrogen) atoms. The number of allylic oxidation sites excluding steroid dienone is 3. The molecule has 1 fully saturated rings. The number of carbonyl (C=O) groups is 1. The number of hydrogen-bond acceptors (Lipinski definition) is 3. The van der Waals surface area contributed by atoms with Gasteiger partial charge in [0.2, 0.25) is 0 Å². The van der Waals surface area contributed by atoms with Crippen molar-refractivity contribution in [2.75, 3.05) is 13.1 Å². The van der Waals surface area contributed by atoms with Gasteiger partial charge in [0.15, 0.2) is 5.60 Å². The Bertz CT molecular complexity index is 960. The fourth-order valence-corrected chi connectivity index (χ4v) is 4.99. The Balaban J connectivity index is 1.86. The summed E-state index contributed by atoms with van der Waals surface area (Å²) in [4.78, 5) is 15.1. The zero-order valence-electron chi connectivity index (χ0n) is 17.4. The second-order valence-electron chi connectivity index (χ2n) is 8.53. The van der Waals surface area contributed by atoms with Gasteiger partial charge >= 0.3 is 5.97 Å². The first-order valence-electron chi connectivity index (χ1n) is 10.7. The van der Waals surface area contributed by atoms with E-state index in [0.717, 1.165) is 42.8 Å². The molecule has 2 aromatic rings. The van der Waals surface area contributed by atoms with Crippen LogP contribution < -0.4 is 0 Å². The zero-order chi connectivity index (χ0) is 21.2. The van der Waals surface area contributed by atoms with E-state index in [1.54, 1.807) is 24.3 Å². The molecule has 2 aromatic carbocycles. The van der Waals surface area contributed by atoms with Crippen molar-refractivity contribution < 1.29 is 15.0 Å². The van der Waals surface area contributed by atoms with Gasteiger partial charge in [0.05, 0.1) is 0 Å². The molecular formula is C26H29NO3. The second kappa shape index (κ2) is 8.11. The number of likely N-dealkylation sites (tertiary alicyclic amines) is 1. The molecule has 1 aliphatic carbocycles. The first-order valence-corrected chi connectivity index (χ1v) is 10.7. The molecule has 2 atom stereocenters. The Morgan fingerprint density at radius 2 is 1.63 bits per heavy atom. The van der Waals surface area contributed by atoms with Crippen molar-refractivity contribution in [1.29, 1.82) is 0 Å². The van der Waals surface area contributed by atoms with Gasteiger partial charge in [-0.1, -0.05) is 72.8 Å². The van der Waals surface area contributed by atoms with Crippen LogP contribution in [0.1, 0.15) is 37.3 Å². The van der Waals surface area contributed by atoms with E-state index in [1.807, 2.05) is 48.6 Å². The summed E-state index contributed by atoms with van der Waals surface area (Å²) in [5, 5.41) is 22.3. The maximum Gasteiger partial charge on any atom is 0.341 e. The third-order valence-corrected chi connectivity index (χ3v) is 6.66. The lowest BCUT2D eigenvalue weighted by Crippen LogP contribution is -2.53. The largest absolute Gasteiger partial charge is 0.479 e. The number of aliphatic hydroxyl groups is 1. The van der Waals surface area contributed by atoms with Gasteiger partial charge in [-0.2, -0.15) is 0 Å². The van der Waals surface area contributed by atoms with E-state index in [9.17, 15) is 15.0 Å². The lowest BCUT2D eigenvalue weighted by molar-refractivity contribution is -0.174. The lowest BCUT2D eigenvalue weighted by atomic mass is 9.60. The van der Waals surface area contributed by atoms with Gasteiger partial charge in [0.25, 0.3) is 0 Å². The van der Waals surface area contributed by atoms with Crippen LogP contribution in [0.25, 0.3) is 0 Å². The van der Waals surface area contributed by atoms with Gasteiger partial charge < -0.3 is 15.1 Å². The highest BCUT2D eigenvalue weighted by Crippen LogP contribution is 2.51. The fourth-order valence-electron chi connectivity index (χ4n) is 4.99. The SMILES string of the molecule is CC1=C(N2CCCC2)CC(Cc2ccccc2)(C(O)(C(=O)O)c2ccccc2)C=C1. The van der Waals surface area contributed by atoms with Gasteiger partial charge in [-0.05, 0) is 42.9 Å². The van der Waals surface area contributed by atoms with Crippen LogP contribution in [0.2, 0.25) is 0 Å². The number of rotatable bonds is 6. The summed E-state index contributed by atoms with van der Waals surface area (Å²) in [6, 6.07) is 18.7. The minimum absolute atomic E-state index is 0.415. The number of aliphatic carboxylic acids is 1. The summed E-state index contributed by atoms with van der Waals surface area (Å²) < 4.78 is 0. The van der Waals surface area contributed by atoms with Crippen molar-refractivity contribution >= 4 is 5.97 Å². The lowest BCUT2D eigenvalue weighted by Gasteiger charge is -2.47. The van der Waals surface area contributed by atoms with Gasteiger partial charge in [-0.3, -0.25) is 0 Å². The molecule has 4 nitrogen and oxygen atoms in total. The summed E-state index contributed by atoms with van der Waals surface area (Å²) in [6.07, 6.45) is 7.17. The molecule has 0 bridgehead atoms. The molecule has 1 saturated heterocycles. The van der Waals surface area contributed by atoms with E-state index in [0.29, 0.717) is 18.4 Å². The quantitative estimate of drug-likeness (QED) is 0.745. The first-order chi connectivity index (χ1) is 14.5. The summed E-state index contributed by atoms with van der Waals surface area (Å²) >= 11 is 0. The van der Waals surface area contributed by atoms with Gasteiger partial charge in [0.1, 0.15) is 0 Å². The molecule has 4 rings (SSSR count). The van der Waals surface area contributed by atoms with Crippen molar-refractivity contribution in [1.82, 2.24) is 4.90 Å². The number of carboxylic acids is 1. The first kappa shape index (κ1) is 20.4. The number of nitrogens with zero attached hydrogens (tertiary/aromatic N) is 1. The van der Waals surface area contributed by atoms with Crippen LogP contribution >= 0.6 is 0 Å². The summed E-state index contributed by atoms with van der Waals surface area (Å²) in [5.41, 5.74) is 0.685. The molecule has 0 amide bonds. The Morgan fingerprint density at radius 3 is 2.23 bits per heavy atom. The third-order valence-electron chi connectivity index (χ3n) is 6.66. The normalized spacial score (nSPS) is 23.5. The van der Waals surface area contributed by atoms with E-state index in [-0.39, 0.29) is 0 Å². The molecule has 0 radical (unpaired) electrons. The topological polar surface area (TPSA) is 60.8 Å². The molecule has 0 saturated carbocycles. The van der Waals surface area contributed by atoms with Crippen molar-refractivity contribution in [2.45, 2.75) is 38.2 Å². The molecule has 4 heteroatoms. The molecule has 0 aromatic heterocycles. The minimum Gasteiger partial charge on any atom is -0.479 e. The van der Waals surface area contributed by atoms with Crippen molar-refractivity contribution in [3.8, 4) is 0 Å². The van der Waals surface area contributed by atoms with Crippen LogP contribution in [0.5, 0.6) is 0 Å². The molecule has 2 unspecified atom stereocenters. The summed E-state index contributed by atoms with van der Waals surface area (Å²) in [5.74, 6) is -1.21. The third kappa shape index (κ3) is 3.46. The highest BCUT2D eigenvalue weighted by molar-refractivity contribution is 5.81. The number of carboxylic acid groups (broad SMARTS) is 1. The molecule has 1 aliphatic heterocycles. The van der Waals surface area contributed by atoms with Crippen LogP contribution in [-0.4, -0.2) is 34.2 Å². The van der Waals surface area contributed by atoms with Crippen LogP contribution in [0.4, 0.5) is 0 Å². The monoisotopic (exact) mass is 403 g/mol. The summed E-state index contributed by atoms with van der Waals surface area (Å²) in [6.45, 7) is 4.05. The standard InChI is InChI=1S/C26H29NO3/c1-20-14-15-25(18-21-10-4-2-5-11-21,19-23(20)27-16-8-9-17-27)26(30,24(28)29)22-12-6-3-7-13-22/h2-7,10-15,30H,8-9,16-19H2,1H3,(H,28,29). The van der Waals surface area contributed by atoms with Crippen LogP contribution in [-0.2, 0) is 16.8 Å². The predicted molar refractivity (Wildman–Crippen MR) is 118 cm³/mol. The summed E-state index contributed by atoms with van der Waals surface area (Å²) in [7, 11) is 0. The highest BCUT2D eigenvalue weighted by Gasteiger charge is 2.57. The molecule has 156 valence electrons. The molecular weight excluding hydrogens is 374 g/mol. The van der Waals surface area contributed by atoms with Crippen molar-refractivity contribution in [2.24, 2.45) is 5.41 Å². The van der Waals surface area contributed by atoms with Crippen molar-refractivity contribution in [3.63, 3.8) is 0 Å². The Kier molecular flexibility index (Phi) is 5.52. The smallest absolute Gasteiger partial charge is 0.341 e. The fraction of sp³-hybridized carbons (Fsp3) is 0.346. The minimum atomic E-state index is -2.05. The second-order valence-corrected chi connectivity index (χ2v) is 8.53. The van der Waals surface area contributed by atoms with E-state index < -0.39 is 17.0 Å². The molecule has 0 spiro atoms. The van der Waals surface area contributed by atoms with Gasteiger partial charge in [-0.15, -0.1) is 0 Å². The van der Waals surface area contributed by atoms with Crippen LogP contribution in [0.15, 0.2) is 84.1 Å². The van der Waals surface area contributed by atoms with Gasteiger partial charge in [0, 0.05) is 30.6 Å². The highest BCUT2D eigenvalue weighted by atomic mass is 16.4. The van der Waals surface area contributed by atoms with Crippen LogP contribution in [0, 0.1) is 5.41 Å². The molecule has 1 heterocycles. The average Bonchev–Trinajstić information content (AvgIpc) is 3.30. The maximum atomic E-state index is 12.7. The van der Waals surface area contributed by atoms with Crippen LogP contribution in [0.3, 0.4) is 0 Å². The van der Waals surface area contributed by atoms with E-state index in [4.69, 9.17) is 0 Å². The Morgan fingerprint density at radius 1 is 1.03 bits per heavy atom. The average molecular weight is 404 g/mol. The van der Waals surface area contributed by atoms with Crippen molar-refractivity contribution in [3.05, 3.63) is 95.2 Å². The van der Waals surface area contributed by atoms with E-state index >= 15 is 0 Å². The molecule has 2 N–H and O–H groups in total. The predicted octanol–water partition coefficient (Wildman–Crippen LogP) is 4.52.